The van der Waals surface area contributed by atoms with Gasteiger partial charge in [0.1, 0.15) is 24.1 Å². The van der Waals surface area contributed by atoms with Gasteiger partial charge in [-0.15, -0.1) is 12.4 Å². The zero-order valence-electron chi connectivity index (χ0n) is 20.8. The molecule has 0 fully saturated rings. The maximum Gasteiger partial charge on any atom is 0.326 e. The molecule has 0 unspecified atom stereocenters. The minimum Gasteiger partial charge on any atom is -0.507 e. The summed E-state index contributed by atoms with van der Waals surface area (Å²) >= 11 is 0. The standard InChI is InChI=1S/C24H31N5O7S.ClH/c1-2-35-23(32)20(29-37(33,34)18-7-4-3-5-8-18)16-28-22(31)19-10-9-17(15-21(19)30)36-14-13-27-24-25-11-6-12-26-24;/h3-5,7-10,15,20,29-30H,2,6,11-14,16H2,1H3,(H,28,31)(H2,25,26,27);1H/t20-;/m0./s1. The lowest BCUT2D eigenvalue weighted by Crippen LogP contribution is -2.49. The lowest BCUT2D eigenvalue weighted by molar-refractivity contribution is -0.144. The van der Waals surface area contributed by atoms with Crippen molar-refractivity contribution in [2.75, 3.05) is 39.4 Å². The van der Waals surface area contributed by atoms with E-state index in [1.807, 2.05) is 0 Å². The highest BCUT2D eigenvalue weighted by atomic mass is 35.5. The third kappa shape index (κ3) is 9.08. The Morgan fingerprint density at radius 1 is 1.18 bits per heavy atom. The molecule has 2 aromatic rings. The number of carbonyl (C=O) groups excluding carboxylic acids is 2. The maximum atomic E-state index is 12.7. The fraction of sp³-hybridized carbons (Fsp3) is 0.375. The average Bonchev–Trinajstić information content (AvgIpc) is 2.90. The Bertz CT molecular complexity index is 1210. The first-order valence-corrected chi connectivity index (χ1v) is 13.3. The van der Waals surface area contributed by atoms with Crippen LogP contribution in [0.25, 0.3) is 0 Å². The quantitative estimate of drug-likeness (QED) is 0.183. The van der Waals surface area contributed by atoms with Crippen molar-refractivity contribution < 1.29 is 32.6 Å². The number of ether oxygens (including phenoxy) is 2. The Kier molecular flexibility index (Phi) is 12.1. The lowest BCUT2D eigenvalue weighted by atomic mass is 10.1. The van der Waals surface area contributed by atoms with Gasteiger partial charge in [-0.3, -0.25) is 14.6 Å². The van der Waals surface area contributed by atoms with E-state index < -0.39 is 34.5 Å². The van der Waals surface area contributed by atoms with Gasteiger partial charge in [0.2, 0.25) is 10.0 Å². The summed E-state index contributed by atoms with van der Waals surface area (Å²) in [5, 5.41) is 19.0. The normalized spacial score (nSPS) is 13.7. The van der Waals surface area contributed by atoms with E-state index in [1.165, 1.54) is 30.3 Å². The number of hydrogen-bond donors (Lipinski definition) is 5. The molecule has 0 bridgehead atoms. The molecule has 0 aromatic heterocycles. The number of amides is 1. The summed E-state index contributed by atoms with van der Waals surface area (Å²) in [6, 6.07) is 10.3. The molecule has 12 nitrogen and oxygen atoms in total. The first kappa shape index (κ1) is 30.7. The van der Waals surface area contributed by atoms with Crippen LogP contribution >= 0.6 is 12.4 Å². The molecule has 0 saturated heterocycles. The van der Waals surface area contributed by atoms with Crippen LogP contribution in [-0.2, 0) is 19.6 Å². The molecular weight excluding hydrogens is 538 g/mol. The molecule has 1 amide bonds. The van der Waals surface area contributed by atoms with Crippen LogP contribution in [-0.4, -0.2) is 76.8 Å². The van der Waals surface area contributed by atoms with E-state index in [9.17, 15) is 23.1 Å². The minimum atomic E-state index is -4.05. The SMILES string of the molecule is CCOC(=O)[C@H](CNC(=O)c1ccc(OCCNC2=NCCCN2)cc1O)NS(=O)(=O)c1ccccc1.Cl. The molecule has 38 heavy (non-hydrogen) atoms. The third-order valence-corrected chi connectivity index (χ3v) is 6.65. The summed E-state index contributed by atoms with van der Waals surface area (Å²) in [6.07, 6.45) is 0.994. The predicted molar refractivity (Wildman–Crippen MR) is 143 cm³/mol. The van der Waals surface area contributed by atoms with Gasteiger partial charge in [0.25, 0.3) is 5.91 Å². The van der Waals surface area contributed by atoms with Crippen molar-refractivity contribution in [3.8, 4) is 11.5 Å². The number of phenols is 1. The minimum absolute atomic E-state index is 0. The fourth-order valence-corrected chi connectivity index (χ4v) is 4.55. The van der Waals surface area contributed by atoms with E-state index in [2.05, 4.69) is 25.7 Å². The number of aromatic hydroxyl groups is 1. The van der Waals surface area contributed by atoms with Crippen LogP contribution in [0, 0.1) is 0 Å². The van der Waals surface area contributed by atoms with E-state index in [-0.39, 0.29) is 35.2 Å². The summed E-state index contributed by atoms with van der Waals surface area (Å²) in [4.78, 5) is 29.3. The van der Waals surface area contributed by atoms with E-state index in [1.54, 1.807) is 25.1 Å². The van der Waals surface area contributed by atoms with Crippen LogP contribution in [0.15, 0.2) is 58.4 Å². The maximum absolute atomic E-state index is 12.7. The molecule has 208 valence electrons. The molecule has 14 heteroatoms. The van der Waals surface area contributed by atoms with Crippen LogP contribution in [0.4, 0.5) is 0 Å². The van der Waals surface area contributed by atoms with Crippen LogP contribution in [0.1, 0.15) is 23.7 Å². The number of rotatable bonds is 12. The number of halogens is 1. The van der Waals surface area contributed by atoms with Crippen molar-refractivity contribution in [3.05, 3.63) is 54.1 Å². The predicted octanol–water partition coefficient (Wildman–Crippen LogP) is 0.772. The molecule has 1 heterocycles. The highest BCUT2D eigenvalue weighted by Gasteiger charge is 2.27. The molecule has 3 rings (SSSR count). The Labute approximate surface area is 227 Å². The summed E-state index contributed by atoms with van der Waals surface area (Å²) in [5.41, 5.74) is -0.0697. The van der Waals surface area contributed by atoms with Gasteiger partial charge in [-0.25, -0.2) is 8.42 Å². The Hall–Kier alpha value is -3.55. The Balaban J connectivity index is 0.00000507. The number of hydrogen-bond acceptors (Lipinski definition) is 10. The van der Waals surface area contributed by atoms with Crippen molar-refractivity contribution in [1.29, 1.82) is 0 Å². The lowest BCUT2D eigenvalue weighted by Gasteiger charge is -2.18. The van der Waals surface area contributed by atoms with Gasteiger partial charge in [-0.2, -0.15) is 4.72 Å². The second kappa shape index (κ2) is 15.0. The molecule has 0 saturated carbocycles. The van der Waals surface area contributed by atoms with Gasteiger partial charge in [-0.05, 0) is 37.6 Å². The molecule has 0 radical (unpaired) electrons. The highest BCUT2D eigenvalue weighted by molar-refractivity contribution is 7.89. The average molecular weight is 570 g/mol. The smallest absolute Gasteiger partial charge is 0.326 e. The van der Waals surface area contributed by atoms with Gasteiger partial charge < -0.3 is 30.5 Å². The van der Waals surface area contributed by atoms with Crippen molar-refractivity contribution in [3.63, 3.8) is 0 Å². The topological polar surface area (TPSA) is 167 Å². The first-order valence-electron chi connectivity index (χ1n) is 11.8. The summed E-state index contributed by atoms with van der Waals surface area (Å²) in [6.45, 7) is 3.63. The van der Waals surface area contributed by atoms with Crippen molar-refractivity contribution in [2.24, 2.45) is 4.99 Å². The van der Waals surface area contributed by atoms with E-state index >= 15 is 0 Å². The molecule has 1 aliphatic rings. The van der Waals surface area contributed by atoms with Crippen molar-refractivity contribution in [1.82, 2.24) is 20.7 Å². The Morgan fingerprint density at radius 2 is 1.95 bits per heavy atom. The van der Waals surface area contributed by atoms with Crippen molar-refractivity contribution in [2.45, 2.75) is 24.3 Å². The summed E-state index contributed by atoms with van der Waals surface area (Å²) in [5.74, 6) is -0.816. The summed E-state index contributed by atoms with van der Waals surface area (Å²) < 4.78 is 38.1. The second-order valence-corrected chi connectivity index (χ2v) is 9.63. The number of nitrogens with one attached hydrogen (secondary N) is 4. The van der Waals surface area contributed by atoms with Gasteiger partial charge >= 0.3 is 5.97 Å². The van der Waals surface area contributed by atoms with E-state index in [0.29, 0.717) is 18.9 Å². The monoisotopic (exact) mass is 569 g/mol. The largest absolute Gasteiger partial charge is 0.507 e. The number of sulfonamides is 1. The van der Waals surface area contributed by atoms with Crippen LogP contribution in [0.2, 0.25) is 0 Å². The van der Waals surface area contributed by atoms with Gasteiger partial charge in [-0.1, -0.05) is 18.2 Å². The number of phenolic OH excluding ortho intramolecular Hbond substituents is 1. The molecular formula is C24H32ClN5O7S. The first-order chi connectivity index (χ1) is 17.8. The van der Waals surface area contributed by atoms with Crippen LogP contribution in [0.5, 0.6) is 11.5 Å². The van der Waals surface area contributed by atoms with E-state index in [0.717, 1.165) is 25.5 Å². The van der Waals surface area contributed by atoms with Crippen LogP contribution < -0.4 is 25.4 Å². The zero-order chi connectivity index (χ0) is 26.7. The van der Waals surface area contributed by atoms with Crippen LogP contribution in [0.3, 0.4) is 0 Å². The molecule has 2 aromatic carbocycles. The fourth-order valence-electron chi connectivity index (χ4n) is 3.34. The molecule has 0 aliphatic carbocycles. The molecule has 1 aliphatic heterocycles. The van der Waals surface area contributed by atoms with Gasteiger partial charge in [0.05, 0.1) is 23.6 Å². The third-order valence-electron chi connectivity index (χ3n) is 5.16. The molecule has 5 N–H and O–H groups in total. The van der Waals surface area contributed by atoms with Gasteiger partial charge in [0, 0.05) is 25.7 Å². The zero-order valence-corrected chi connectivity index (χ0v) is 22.4. The Morgan fingerprint density at radius 3 is 2.61 bits per heavy atom. The number of esters is 1. The van der Waals surface area contributed by atoms with E-state index in [4.69, 9.17) is 9.47 Å². The molecule has 1 atom stereocenters. The number of guanidine groups is 1. The second-order valence-electron chi connectivity index (χ2n) is 7.91. The summed E-state index contributed by atoms with van der Waals surface area (Å²) in [7, 11) is -4.05. The van der Waals surface area contributed by atoms with Gasteiger partial charge in [0.15, 0.2) is 5.96 Å². The number of aliphatic imine (C=N–C) groups is 1. The van der Waals surface area contributed by atoms with Crippen molar-refractivity contribution >= 4 is 40.3 Å². The number of benzene rings is 2. The number of carbonyl (C=O) groups is 2. The number of nitrogens with zero attached hydrogens (tertiary/aromatic N) is 1. The molecule has 0 spiro atoms. The highest BCUT2D eigenvalue weighted by Crippen LogP contribution is 2.23.